The Morgan fingerprint density at radius 2 is 2.06 bits per heavy atom. The van der Waals surface area contributed by atoms with Crippen LogP contribution in [-0.4, -0.2) is 23.0 Å². The topological polar surface area (TPSA) is 66.4 Å². The number of rotatable bonds is 6. The quantitative estimate of drug-likeness (QED) is 0.696. The fraction of sp³-hybridized carbons (Fsp3) is 0.692. The monoisotopic (exact) mass is 239 g/mol. The van der Waals surface area contributed by atoms with Crippen LogP contribution in [0.25, 0.3) is 0 Å². The molecule has 0 bridgehead atoms. The fourth-order valence-electron chi connectivity index (χ4n) is 1.74. The molecule has 0 aromatic carbocycles. The van der Waals surface area contributed by atoms with Gasteiger partial charge in [0.2, 0.25) is 5.91 Å². The average molecular weight is 239 g/mol. The van der Waals surface area contributed by atoms with Crippen LogP contribution in [0.15, 0.2) is 11.6 Å². The van der Waals surface area contributed by atoms with Gasteiger partial charge in [0.25, 0.3) is 0 Å². The number of amides is 1. The van der Waals surface area contributed by atoms with Crippen molar-refractivity contribution in [3.05, 3.63) is 11.6 Å². The average Bonchev–Trinajstić information content (AvgIpc) is 3.08. The first-order chi connectivity index (χ1) is 7.95. The molecule has 1 amide bonds. The molecule has 96 valence electrons. The first kappa shape index (κ1) is 13.7. The van der Waals surface area contributed by atoms with Crippen molar-refractivity contribution in [1.29, 1.82) is 0 Å². The third-order valence-corrected chi connectivity index (χ3v) is 3.36. The van der Waals surface area contributed by atoms with E-state index in [0.29, 0.717) is 5.92 Å². The molecule has 1 aliphatic carbocycles. The van der Waals surface area contributed by atoms with Gasteiger partial charge in [-0.25, -0.2) is 4.79 Å². The van der Waals surface area contributed by atoms with Gasteiger partial charge in [0.05, 0.1) is 0 Å². The van der Waals surface area contributed by atoms with Crippen molar-refractivity contribution >= 4 is 11.9 Å². The highest BCUT2D eigenvalue weighted by Crippen LogP contribution is 2.35. The zero-order valence-electron chi connectivity index (χ0n) is 10.7. The number of allylic oxidation sites excluding steroid dienone is 1. The Bertz CT molecular complexity index is 332. The van der Waals surface area contributed by atoms with E-state index in [0.717, 1.165) is 24.8 Å². The van der Waals surface area contributed by atoms with Gasteiger partial charge in [-0.2, -0.15) is 0 Å². The van der Waals surface area contributed by atoms with Crippen LogP contribution in [0.5, 0.6) is 0 Å². The molecule has 1 fully saturated rings. The largest absolute Gasteiger partial charge is 0.480 e. The van der Waals surface area contributed by atoms with Gasteiger partial charge in [-0.15, -0.1) is 0 Å². The van der Waals surface area contributed by atoms with E-state index in [9.17, 15) is 9.59 Å². The van der Waals surface area contributed by atoms with Crippen molar-refractivity contribution < 1.29 is 14.7 Å². The summed E-state index contributed by atoms with van der Waals surface area (Å²) < 4.78 is 0. The Morgan fingerprint density at radius 1 is 1.47 bits per heavy atom. The lowest BCUT2D eigenvalue weighted by atomic mass is 9.99. The van der Waals surface area contributed by atoms with Crippen molar-refractivity contribution in [2.45, 2.75) is 46.1 Å². The molecule has 4 heteroatoms. The van der Waals surface area contributed by atoms with Crippen molar-refractivity contribution in [3.63, 3.8) is 0 Å². The van der Waals surface area contributed by atoms with Gasteiger partial charge in [-0.05, 0) is 31.6 Å². The Kier molecular flexibility index (Phi) is 4.73. The summed E-state index contributed by atoms with van der Waals surface area (Å²) in [6, 6.07) is -0.796. The highest BCUT2D eigenvalue weighted by atomic mass is 16.4. The molecule has 0 radical (unpaired) electrons. The van der Waals surface area contributed by atoms with E-state index in [1.165, 1.54) is 6.08 Å². The van der Waals surface area contributed by atoms with Gasteiger partial charge in [-0.1, -0.05) is 25.8 Å². The molecule has 2 N–H and O–H groups in total. The summed E-state index contributed by atoms with van der Waals surface area (Å²) in [5.74, 6) is -0.786. The van der Waals surface area contributed by atoms with Crippen molar-refractivity contribution in [2.75, 3.05) is 0 Å². The Hall–Kier alpha value is -1.32. The summed E-state index contributed by atoms with van der Waals surface area (Å²) in [6.07, 6.45) is 4.55. The SMILES string of the molecule is CC[C@H](C)[C@@H](NC(=O)/C=C(\C)C1CC1)C(=O)O. The van der Waals surface area contributed by atoms with Crippen LogP contribution in [0.3, 0.4) is 0 Å². The van der Waals surface area contributed by atoms with Gasteiger partial charge in [0, 0.05) is 6.08 Å². The molecular weight excluding hydrogens is 218 g/mol. The first-order valence-electron chi connectivity index (χ1n) is 6.17. The minimum absolute atomic E-state index is 0.0638. The Balaban J connectivity index is 2.57. The van der Waals surface area contributed by atoms with Gasteiger partial charge >= 0.3 is 5.97 Å². The Morgan fingerprint density at radius 3 is 2.47 bits per heavy atom. The maximum atomic E-state index is 11.7. The number of carbonyl (C=O) groups is 2. The van der Waals surface area contributed by atoms with Crippen LogP contribution < -0.4 is 5.32 Å². The fourth-order valence-corrected chi connectivity index (χ4v) is 1.74. The lowest BCUT2D eigenvalue weighted by molar-refractivity contribution is -0.142. The van der Waals surface area contributed by atoms with Crippen LogP contribution in [0.4, 0.5) is 0 Å². The van der Waals surface area contributed by atoms with E-state index < -0.39 is 12.0 Å². The number of carbonyl (C=O) groups excluding carboxylic acids is 1. The summed E-state index contributed by atoms with van der Waals surface area (Å²) in [5.41, 5.74) is 1.05. The Labute approximate surface area is 102 Å². The molecule has 0 heterocycles. The van der Waals surface area contributed by atoms with Crippen molar-refractivity contribution in [3.8, 4) is 0 Å². The van der Waals surface area contributed by atoms with E-state index in [1.807, 2.05) is 20.8 Å². The molecule has 2 atom stereocenters. The molecule has 0 aromatic heterocycles. The maximum absolute atomic E-state index is 11.7. The normalized spacial score (nSPS) is 19.6. The lowest BCUT2D eigenvalue weighted by Gasteiger charge is -2.19. The third kappa shape index (κ3) is 4.21. The second-order valence-electron chi connectivity index (χ2n) is 4.87. The molecule has 1 saturated carbocycles. The van der Waals surface area contributed by atoms with E-state index in [2.05, 4.69) is 5.32 Å². The second-order valence-corrected chi connectivity index (χ2v) is 4.87. The summed E-state index contributed by atoms with van der Waals surface area (Å²) in [5, 5.41) is 11.6. The number of aliphatic carboxylic acids is 1. The summed E-state index contributed by atoms with van der Waals surface area (Å²) in [6.45, 7) is 5.67. The zero-order chi connectivity index (χ0) is 13.0. The van der Waals surface area contributed by atoms with E-state index in [4.69, 9.17) is 5.11 Å². The van der Waals surface area contributed by atoms with Gasteiger partial charge in [-0.3, -0.25) is 4.79 Å². The predicted molar refractivity (Wildman–Crippen MR) is 65.5 cm³/mol. The zero-order valence-corrected chi connectivity index (χ0v) is 10.7. The number of nitrogens with one attached hydrogen (secondary N) is 1. The lowest BCUT2D eigenvalue weighted by Crippen LogP contribution is -2.44. The number of hydrogen-bond donors (Lipinski definition) is 2. The molecule has 0 unspecified atom stereocenters. The minimum atomic E-state index is -0.967. The van der Waals surface area contributed by atoms with Gasteiger partial charge in [0.15, 0.2) is 0 Å². The van der Waals surface area contributed by atoms with Crippen LogP contribution in [-0.2, 0) is 9.59 Å². The van der Waals surface area contributed by atoms with Gasteiger partial charge < -0.3 is 10.4 Å². The van der Waals surface area contributed by atoms with Crippen LogP contribution >= 0.6 is 0 Å². The van der Waals surface area contributed by atoms with Crippen LogP contribution in [0, 0.1) is 11.8 Å². The van der Waals surface area contributed by atoms with E-state index >= 15 is 0 Å². The molecule has 4 nitrogen and oxygen atoms in total. The van der Waals surface area contributed by atoms with Crippen LogP contribution in [0.2, 0.25) is 0 Å². The summed E-state index contributed by atoms with van der Waals surface area (Å²) >= 11 is 0. The van der Waals surface area contributed by atoms with Crippen molar-refractivity contribution in [1.82, 2.24) is 5.32 Å². The second kappa shape index (κ2) is 5.84. The number of carboxylic acid groups (broad SMARTS) is 1. The van der Waals surface area contributed by atoms with E-state index in [1.54, 1.807) is 0 Å². The van der Waals surface area contributed by atoms with Crippen molar-refractivity contribution in [2.24, 2.45) is 11.8 Å². The molecule has 1 aliphatic rings. The number of hydrogen-bond acceptors (Lipinski definition) is 2. The minimum Gasteiger partial charge on any atom is -0.480 e. The molecule has 0 aliphatic heterocycles. The molecule has 0 aromatic rings. The molecule has 1 rings (SSSR count). The predicted octanol–water partition coefficient (Wildman–Crippen LogP) is 1.96. The summed E-state index contributed by atoms with van der Waals surface area (Å²) in [4.78, 5) is 22.7. The van der Waals surface area contributed by atoms with E-state index in [-0.39, 0.29) is 11.8 Å². The molecule has 0 spiro atoms. The molecule has 17 heavy (non-hydrogen) atoms. The standard InChI is InChI=1S/C13H21NO3/c1-4-8(2)12(13(16)17)14-11(15)7-9(3)10-5-6-10/h7-8,10,12H,4-6H2,1-3H3,(H,14,15)(H,16,17)/b9-7+/t8-,12+/m0/s1. The highest BCUT2D eigenvalue weighted by molar-refractivity contribution is 5.91. The van der Waals surface area contributed by atoms with Crippen LogP contribution in [0.1, 0.15) is 40.0 Å². The highest BCUT2D eigenvalue weighted by Gasteiger charge is 2.26. The summed E-state index contributed by atoms with van der Waals surface area (Å²) in [7, 11) is 0. The number of carboxylic acids is 1. The molecular formula is C13H21NO3. The third-order valence-electron chi connectivity index (χ3n) is 3.36. The molecule has 0 saturated heterocycles. The van der Waals surface area contributed by atoms with Gasteiger partial charge in [0.1, 0.15) is 6.04 Å². The first-order valence-corrected chi connectivity index (χ1v) is 6.17. The smallest absolute Gasteiger partial charge is 0.326 e. The maximum Gasteiger partial charge on any atom is 0.326 e.